The number of carbonyl (C=O) groups is 1. The van der Waals surface area contributed by atoms with E-state index in [0.29, 0.717) is 5.69 Å². The van der Waals surface area contributed by atoms with Crippen LogP contribution >= 0.6 is 0 Å². The Morgan fingerprint density at radius 3 is 3.00 bits per heavy atom. The summed E-state index contributed by atoms with van der Waals surface area (Å²) in [5.41, 5.74) is 0.655. The standard InChI is InChI=1S/C8H12N2O3/c1-5-3-7(13-10-5)8(12)9-4-6(2)11/h3,6,11H,4H2,1-2H3,(H,9,12)/t6-/m1/s1. The van der Waals surface area contributed by atoms with Crippen LogP contribution < -0.4 is 5.32 Å². The third kappa shape index (κ3) is 2.87. The van der Waals surface area contributed by atoms with E-state index in [1.807, 2.05) is 0 Å². The molecule has 13 heavy (non-hydrogen) atoms. The van der Waals surface area contributed by atoms with Crippen molar-refractivity contribution in [2.45, 2.75) is 20.0 Å². The molecule has 1 rings (SSSR count). The summed E-state index contributed by atoms with van der Waals surface area (Å²) in [5, 5.41) is 14.9. The van der Waals surface area contributed by atoms with Gasteiger partial charge in [0.1, 0.15) is 0 Å². The average molecular weight is 184 g/mol. The number of nitrogens with one attached hydrogen (secondary N) is 1. The van der Waals surface area contributed by atoms with Gasteiger partial charge in [-0.15, -0.1) is 0 Å². The maximum absolute atomic E-state index is 11.2. The molecule has 2 N–H and O–H groups in total. The molecule has 1 aromatic heterocycles. The summed E-state index contributed by atoms with van der Waals surface area (Å²) in [6.07, 6.45) is -0.562. The quantitative estimate of drug-likeness (QED) is 0.698. The van der Waals surface area contributed by atoms with Gasteiger partial charge in [0, 0.05) is 12.6 Å². The van der Waals surface area contributed by atoms with Crippen LogP contribution in [0, 0.1) is 6.92 Å². The molecule has 0 radical (unpaired) electrons. The molecule has 1 heterocycles. The molecule has 0 fully saturated rings. The second-order valence-corrected chi connectivity index (χ2v) is 2.89. The summed E-state index contributed by atoms with van der Waals surface area (Å²) in [6, 6.07) is 1.54. The van der Waals surface area contributed by atoms with Crippen molar-refractivity contribution in [1.29, 1.82) is 0 Å². The van der Waals surface area contributed by atoms with E-state index in [1.54, 1.807) is 13.8 Å². The number of aromatic nitrogens is 1. The van der Waals surface area contributed by atoms with Crippen molar-refractivity contribution in [3.05, 3.63) is 17.5 Å². The van der Waals surface area contributed by atoms with E-state index in [2.05, 4.69) is 10.5 Å². The summed E-state index contributed by atoms with van der Waals surface area (Å²) in [7, 11) is 0. The second kappa shape index (κ2) is 4.04. The van der Waals surface area contributed by atoms with Crippen LogP contribution in [0.3, 0.4) is 0 Å². The lowest BCUT2D eigenvalue weighted by Crippen LogP contribution is -2.30. The molecule has 0 unspecified atom stereocenters. The first-order valence-corrected chi connectivity index (χ1v) is 3.99. The normalized spacial score (nSPS) is 12.5. The first-order chi connectivity index (χ1) is 6.09. The molecule has 5 heteroatoms. The molecule has 0 bridgehead atoms. The number of aryl methyl sites for hydroxylation is 1. The fourth-order valence-corrected chi connectivity index (χ4v) is 0.798. The number of nitrogens with zero attached hydrogens (tertiary/aromatic N) is 1. The lowest BCUT2D eigenvalue weighted by molar-refractivity contribution is 0.0887. The van der Waals surface area contributed by atoms with E-state index in [1.165, 1.54) is 6.07 Å². The molecule has 0 aliphatic heterocycles. The van der Waals surface area contributed by atoms with E-state index in [-0.39, 0.29) is 18.2 Å². The number of hydrogen-bond acceptors (Lipinski definition) is 4. The van der Waals surface area contributed by atoms with Crippen LogP contribution in [0.2, 0.25) is 0 Å². The van der Waals surface area contributed by atoms with Crippen LogP contribution in [0.15, 0.2) is 10.6 Å². The van der Waals surface area contributed by atoms with Gasteiger partial charge in [-0.2, -0.15) is 0 Å². The highest BCUT2D eigenvalue weighted by Gasteiger charge is 2.11. The van der Waals surface area contributed by atoms with E-state index >= 15 is 0 Å². The minimum atomic E-state index is -0.562. The Morgan fingerprint density at radius 1 is 1.85 bits per heavy atom. The zero-order chi connectivity index (χ0) is 9.84. The van der Waals surface area contributed by atoms with E-state index in [4.69, 9.17) is 9.63 Å². The van der Waals surface area contributed by atoms with Crippen LogP contribution in [0.1, 0.15) is 23.2 Å². The Labute approximate surface area is 75.7 Å². The Morgan fingerprint density at radius 2 is 2.54 bits per heavy atom. The summed E-state index contributed by atoms with van der Waals surface area (Å²) in [6.45, 7) is 3.53. The fraction of sp³-hybridized carbons (Fsp3) is 0.500. The van der Waals surface area contributed by atoms with Gasteiger partial charge in [0.25, 0.3) is 5.91 Å². The number of hydrogen-bond donors (Lipinski definition) is 2. The third-order valence-electron chi connectivity index (χ3n) is 1.41. The summed E-state index contributed by atoms with van der Waals surface area (Å²) in [5.74, 6) is -0.195. The van der Waals surface area contributed by atoms with E-state index in [9.17, 15) is 4.79 Å². The van der Waals surface area contributed by atoms with Gasteiger partial charge in [-0.3, -0.25) is 4.79 Å². The lowest BCUT2D eigenvalue weighted by Gasteiger charge is -2.03. The number of aliphatic hydroxyl groups is 1. The van der Waals surface area contributed by atoms with Crippen LogP contribution in [0.4, 0.5) is 0 Å². The highest BCUT2D eigenvalue weighted by atomic mass is 16.5. The smallest absolute Gasteiger partial charge is 0.289 e. The third-order valence-corrected chi connectivity index (χ3v) is 1.41. The predicted molar refractivity (Wildman–Crippen MR) is 45.3 cm³/mol. The van der Waals surface area contributed by atoms with Gasteiger partial charge in [0.15, 0.2) is 0 Å². The number of amides is 1. The topological polar surface area (TPSA) is 75.4 Å². The van der Waals surface area contributed by atoms with Crippen molar-refractivity contribution in [3.63, 3.8) is 0 Å². The highest BCUT2D eigenvalue weighted by Crippen LogP contribution is 2.01. The van der Waals surface area contributed by atoms with Gasteiger partial charge >= 0.3 is 0 Å². The first-order valence-electron chi connectivity index (χ1n) is 3.99. The molecular formula is C8H12N2O3. The van der Waals surface area contributed by atoms with Crippen molar-refractivity contribution < 1.29 is 14.4 Å². The number of carbonyl (C=O) groups excluding carboxylic acids is 1. The van der Waals surface area contributed by atoms with E-state index < -0.39 is 6.10 Å². The van der Waals surface area contributed by atoms with Crippen LogP contribution in [0.25, 0.3) is 0 Å². The minimum Gasteiger partial charge on any atom is -0.392 e. The van der Waals surface area contributed by atoms with Crippen LogP contribution in [-0.2, 0) is 0 Å². The van der Waals surface area contributed by atoms with Crippen molar-refractivity contribution in [3.8, 4) is 0 Å². The minimum absolute atomic E-state index is 0.165. The summed E-state index contributed by atoms with van der Waals surface area (Å²) >= 11 is 0. The molecule has 1 amide bonds. The Balaban J connectivity index is 2.49. The molecule has 1 atom stereocenters. The zero-order valence-corrected chi connectivity index (χ0v) is 7.57. The molecular weight excluding hydrogens is 172 g/mol. The van der Waals surface area contributed by atoms with E-state index in [0.717, 1.165) is 0 Å². The SMILES string of the molecule is Cc1cc(C(=O)NC[C@@H](C)O)on1. The van der Waals surface area contributed by atoms with Crippen LogP contribution in [0.5, 0.6) is 0 Å². The van der Waals surface area contributed by atoms with Crippen molar-refractivity contribution in [2.75, 3.05) is 6.54 Å². The molecule has 0 saturated heterocycles. The highest BCUT2D eigenvalue weighted by molar-refractivity contribution is 5.91. The Bertz CT molecular complexity index is 293. The molecule has 0 aliphatic carbocycles. The maximum Gasteiger partial charge on any atom is 0.289 e. The van der Waals surface area contributed by atoms with Gasteiger partial charge in [-0.25, -0.2) is 0 Å². The summed E-state index contributed by atoms with van der Waals surface area (Å²) < 4.78 is 4.71. The molecule has 0 saturated carbocycles. The molecule has 0 spiro atoms. The molecule has 1 aromatic rings. The monoisotopic (exact) mass is 184 g/mol. The summed E-state index contributed by atoms with van der Waals surface area (Å²) in [4.78, 5) is 11.2. The number of rotatable bonds is 3. The first kappa shape index (κ1) is 9.73. The molecule has 0 aromatic carbocycles. The second-order valence-electron chi connectivity index (χ2n) is 2.89. The van der Waals surface area contributed by atoms with Crippen molar-refractivity contribution >= 4 is 5.91 Å². The molecule has 0 aliphatic rings. The lowest BCUT2D eigenvalue weighted by atomic mass is 10.3. The Hall–Kier alpha value is -1.36. The zero-order valence-electron chi connectivity index (χ0n) is 7.57. The fourth-order valence-electron chi connectivity index (χ4n) is 0.798. The number of aliphatic hydroxyl groups excluding tert-OH is 1. The van der Waals surface area contributed by atoms with Gasteiger partial charge in [0.2, 0.25) is 5.76 Å². The van der Waals surface area contributed by atoms with Gasteiger partial charge in [-0.05, 0) is 13.8 Å². The average Bonchev–Trinajstić information content (AvgIpc) is 2.47. The van der Waals surface area contributed by atoms with Crippen molar-refractivity contribution in [1.82, 2.24) is 10.5 Å². The Kier molecular flexibility index (Phi) is 3.02. The largest absolute Gasteiger partial charge is 0.392 e. The van der Waals surface area contributed by atoms with Crippen molar-refractivity contribution in [2.24, 2.45) is 0 Å². The maximum atomic E-state index is 11.2. The predicted octanol–water partition coefficient (Wildman–Crippen LogP) is 0.0936. The van der Waals surface area contributed by atoms with Gasteiger partial charge in [0.05, 0.1) is 11.8 Å². The van der Waals surface area contributed by atoms with Gasteiger partial charge in [-0.1, -0.05) is 5.16 Å². The van der Waals surface area contributed by atoms with Gasteiger partial charge < -0.3 is 14.9 Å². The molecule has 72 valence electrons. The molecule has 5 nitrogen and oxygen atoms in total. The van der Waals surface area contributed by atoms with Crippen LogP contribution in [-0.4, -0.2) is 28.8 Å².